The molecule has 4 nitrogen and oxygen atoms in total. The van der Waals surface area contributed by atoms with Crippen LogP contribution in [0.3, 0.4) is 0 Å². The van der Waals surface area contributed by atoms with Gasteiger partial charge in [0.1, 0.15) is 0 Å². The number of carbonyl (C=O) groups is 1. The average molecular weight is 249 g/mol. The van der Waals surface area contributed by atoms with E-state index in [9.17, 15) is 4.79 Å². The summed E-state index contributed by atoms with van der Waals surface area (Å²) in [5.41, 5.74) is 1.95. The van der Waals surface area contributed by atoms with Gasteiger partial charge in [0.2, 0.25) is 0 Å². The second kappa shape index (κ2) is 4.93. The summed E-state index contributed by atoms with van der Waals surface area (Å²) in [4.78, 5) is 18.7. The van der Waals surface area contributed by atoms with Gasteiger partial charge in [0.25, 0.3) is 0 Å². The van der Waals surface area contributed by atoms with E-state index < -0.39 is 5.97 Å². The number of carboxylic acids is 1. The van der Waals surface area contributed by atoms with Gasteiger partial charge in [-0.05, 0) is 23.8 Å². The third-order valence-electron chi connectivity index (χ3n) is 2.26. The van der Waals surface area contributed by atoms with Gasteiger partial charge in [-0.15, -0.1) is 0 Å². The molecule has 86 valence electrons. The molecule has 2 aromatic rings. The first-order chi connectivity index (χ1) is 8.18. The Morgan fingerprint density at radius 2 is 1.94 bits per heavy atom. The lowest BCUT2D eigenvalue weighted by Gasteiger charge is -2.06. The van der Waals surface area contributed by atoms with Crippen LogP contribution in [-0.2, 0) is 11.2 Å². The van der Waals surface area contributed by atoms with Crippen LogP contribution in [0.1, 0.15) is 5.56 Å². The molecule has 0 aliphatic carbocycles. The van der Waals surface area contributed by atoms with Gasteiger partial charge < -0.3 is 5.11 Å². The van der Waals surface area contributed by atoms with Crippen molar-refractivity contribution in [3.8, 4) is 11.3 Å². The lowest BCUT2D eigenvalue weighted by Crippen LogP contribution is -2.02. The minimum Gasteiger partial charge on any atom is -0.481 e. The Hall–Kier alpha value is -1.94. The number of nitrogens with zero attached hydrogens (tertiary/aromatic N) is 2. The zero-order chi connectivity index (χ0) is 12.3. The van der Waals surface area contributed by atoms with Gasteiger partial charge >= 0.3 is 5.97 Å². The van der Waals surface area contributed by atoms with Crippen molar-refractivity contribution in [3.05, 3.63) is 47.4 Å². The van der Waals surface area contributed by atoms with Crippen LogP contribution in [0.15, 0.2) is 36.8 Å². The molecule has 1 N–H and O–H groups in total. The van der Waals surface area contributed by atoms with E-state index in [0.29, 0.717) is 16.3 Å². The second-order valence-corrected chi connectivity index (χ2v) is 3.82. The highest BCUT2D eigenvalue weighted by Gasteiger charge is 2.11. The van der Waals surface area contributed by atoms with Crippen molar-refractivity contribution < 1.29 is 9.90 Å². The Kier molecular flexibility index (Phi) is 3.35. The lowest BCUT2D eigenvalue weighted by atomic mass is 10.1. The van der Waals surface area contributed by atoms with E-state index in [2.05, 4.69) is 9.97 Å². The Labute approximate surface area is 103 Å². The fourth-order valence-corrected chi connectivity index (χ4v) is 1.78. The molecule has 2 rings (SSSR count). The molecular weight excluding hydrogens is 240 g/mol. The van der Waals surface area contributed by atoms with Gasteiger partial charge in [-0.25, -0.2) is 0 Å². The molecule has 0 aromatic carbocycles. The van der Waals surface area contributed by atoms with E-state index in [1.165, 1.54) is 0 Å². The largest absolute Gasteiger partial charge is 0.481 e. The highest BCUT2D eigenvalue weighted by atomic mass is 35.5. The van der Waals surface area contributed by atoms with Crippen molar-refractivity contribution in [2.24, 2.45) is 0 Å². The van der Waals surface area contributed by atoms with Crippen LogP contribution < -0.4 is 0 Å². The molecule has 0 spiro atoms. The highest BCUT2D eigenvalue weighted by molar-refractivity contribution is 6.34. The van der Waals surface area contributed by atoms with Gasteiger partial charge in [-0.1, -0.05) is 11.6 Å². The van der Waals surface area contributed by atoms with E-state index in [4.69, 9.17) is 16.7 Å². The molecule has 2 aromatic heterocycles. The SMILES string of the molecule is O=C(O)Cc1ccnc(-c2ccncc2)c1Cl. The number of aliphatic carboxylic acids is 1. The number of rotatable bonds is 3. The van der Waals surface area contributed by atoms with Crippen molar-refractivity contribution in [2.75, 3.05) is 0 Å². The predicted octanol–water partition coefficient (Wildman–Crippen LogP) is 2.42. The first kappa shape index (κ1) is 11.5. The Morgan fingerprint density at radius 3 is 2.59 bits per heavy atom. The maximum Gasteiger partial charge on any atom is 0.307 e. The quantitative estimate of drug-likeness (QED) is 0.906. The van der Waals surface area contributed by atoms with Crippen molar-refractivity contribution >= 4 is 17.6 Å². The summed E-state index contributed by atoms with van der Waals surface area (Å²) in [5.74, 6) is -0.918. The molecule has 0 bridgehead atoms. The number of hydrogen-bond donors (Lipinski definition) is 1. The molecule has 0 fully saturated rings. The molecule has 0 radical (unpaired) electrons. The van der Waals surface area contributed by atoms with E-state index in [1.54, 1.807) is 36.8 Å². The van der Waals surface area contributed by atoms with E-state index in [-0.39, 0.29) is 6.42 Å². The second-order valence-electron chi connectivity index (χ2n) is 3.44. The normalized spacial score (nSPS) is 10.2. The van der Waals surface area contributed by atoms with Gasteiger partial charge in [-0.2, -0.15) is 0 Å². The van der Waals surface area contributed by atoms with Crippen LogP contribution >= 0.6 is 11.6 Å². The first-order valence-electron chi connectivity index (χ1n) is 4.94. The molecule has 0 saturated carbocycles. The van der Waals surface area contributed by atoms with Crippen molar-refractivity contribution in [1.82, 2.24) is 9.97 Å². The third-order valence-corrected chi connectivity index (χ3v) is 2.69. The van der Waals surface area contributed by atoms with Gasteiger partial charge in [0, 0.05) is 24.2 Å². The molecule has 0 amide bonds. The maximum absolute atomic E-state index is 10.7. The van der Waals surface area contributed by atoms with Crippen LogP contribution in [0.5, 0.6) is 0 Å². The zero-order valence-corrected chi connectivity index (χ0v) is 9.55. The number of pyridine rings is 2. The summed E-state index contributed by atoms with van der Waals surface area (Å²) < 4.78 is 0. The smallest absolute Gasteiger partial charge is 0.307 e. The number of hydrogen-bond acceptors (Lipinski definition) is 3. The van der Waals surface area contributed by atoms with Crippen molar-refractivity contribution in [1.29, 1.82) is 0 Å². The van der Waals surface area contributed by atoms with Gasteiger partial charge in [0.05, 0.1) is 17.1 Å². The predicted molar refractivity (Wildman–Crippen MR) is 63.8 cm³/mol. The van der Waals surface area contributed by atoms with Gasteiger partial charge in [-0.3, -0.25) is 14.8 Å². The molecule has 17 heavy (non-hydrogen) atoms. The Morgan fingerprint density at radius 1 is 1.24 bits per heavy atom. The minimum absolute atomic E-state index is 0.112. The molecule has 0 unspecified atom stereocenters. The molecule has 0 aliphatic rings. The fraction of sp³-hybridized carbons (Fsp3) is 0.0833. The fourth-order valence-electron chi connectivity index (χ4n) is 1.49. The zero-order valence-electron chi connectivity index (χ0n) is 8.80. The van der Waals surface area contributed by atoms with E-state index in [0.717, 1.165) is 5.56 Å². The van der Waals surface area contributed by atoms with Crippen LogP contribution in [0, 0.1) is 0 Å². The van der Waals surface area contributed by atoms with Crippen LogP contribution in [0.25, 0.3) is 11.3 Å². The Balaban J connectivity index is 2.46. The molecule has 0 saturated heterocycles. The standard InChI is InChI=1S/C12H9ClN2O2/c13-11-9(7-10(16)17)3-6-15-12(11)8-1-4-14-5-2-8/h1-6H,7H2,(H,16,17). The molecule has 0 atom stereocenters. The average Bonchev–Trinajstić information content (AvgIpc) is 2.32. The van der Waals surface area contributed by atoms with Crippen LogP contribution in [0.4, 0.5) is 0 Å². The highest BCUT2D eigenvalue weighted by Crippen LogP contribution is 2.28. The van der Waals surface area contributed by atoms with Crippen molar-refractivity contribution in [3.63, 3.8) is 0 Å². The number of halogens is 1. The van der Waals surface area contributed by atoms with Crippen molar-refractivity contribution in [2.45, 2.75) is 6.42 Å². The molecular formula is C12H9ClN2O2. The number of aromatic nitrogens is 2. The van der Waals surface area contributed by atoms with Crippen LogP contribution in [0.2, 0.25) is 5.02 Å². The summed E-state index contributed by atoms with van der Waals surface area (Å²) in [6, 6.07) is 5.17. The molecule has 0 aliphatic heterocycles. The summed E-state index contributed by atoms with van der Waals surface area (Å²) >= 11 is 6.14. The summed E-state index contributed by atoms with van der Waals surface area (Å²) in [5, 5.41) is 9.14. The summed E-state index contributed by atoms with van der Waals surface area (Å²) in [6.07, 6.45) is 4.72. The molecule has 5 heteroatoms. The van der Waals surface area contributed by atoms with Gasteiger partial charge in [0.15, 0.2) is 0 Å². The van der Waals surface area contributed by atoms with E-state index in [1.807, 2.05) is 0 Å². The Bertz CT molecular complexity index is 543. The van der Waals surface area contributed by atoms with Crippen LogP contribution in [-0.4, -0.2) is 21.0 Å². The monoisotopic (exact) mass is 248 g/mol. The maximum atomic E-state index is 10.7. The summed E-state index contributed by atoms with van der Waals surface area (Å²) in [7, 11) is 0. The minimum atomic E-state index is -0.918. The first-order valence-corrected chi connectivity index (χ1v) is 5.32. The molecule has 2 heterocycles. The number of carboxylic acid groups (broad SMARTS) is 1. The van der Waals surface area contributed by atoms with E-state index >= 15 is 0 Å². The third kappa shape index (κ3) is 2.60. The topological polar surface area (TPSA) is 63.1 Å². The summed E-state index contributed by atoms with van der Waals surface area (Å²) in [6.45, 7) is 0. The lowest BCUT2D eigenvalue weighted by molar-refractivity contribution is -0.136.